The Kier molecular flexibility index (Phi) is 5.79. The fraction of sp³-hybridized carbons (Fsp3) is 0. The maximum absolute atomic E-state index is 5.06. The Hall–Kier alpha value is -5.67. The summed E-state index contributed by atoms with van der Waals surface area (Å²) in [5.41, 5.74) is 5.14. The van der Waals surface area contributed by atoms with Crippen LogP contribution in [-0.2, 0) is 0 Å². The van der Waals surface area contributed by atoms with E-state index in [0.29, 0.717) is 17.5 Å². The zero-order valence-corrected chi connectivity index (χ0v) is 22.8. The van der Waals surface area contributed by atoms with Gasteiger partial charge < -0.3 is 0 Å². The van der Waals surface area contributed by atoms with Crippen LogP contribution in [-0.4, -0.2) is 15.0 Å². The normalized spacial score (nSPS) is 11.3. The van der Waals surface area contributed by atoms with Gasteiger partial charge in [0.05, 0.1) is 0 Å². The fourth-order valence-corrected chi connectivity index (χ4v) is 6.02. The SMILES string of the molecule is c1ccc(-c2nc(-c3ccccc3)nc(-c3ccccc3-c3cccc4c5ccccc5c5ccccc5c34)n2)cc1. The molecule has 0 N–H and O–H groups in total. The number of fused-ring (bicyclic) bond motifs is 6. The molecule has 1 heterocycles. The molecule has 1 aromatic heterocycles. The van der Waals surface area contributed by atoms with Crippen LogP contribution in [0.4, 0.5) is 0 Å². The first-order chi connectivity index (χ1) is 20.8. The van der Waals surface area contributed by atoms with Crippen LogP contribution in [0.1, 0.15) is 0 Å². The monoisotopic (exact) mass is 535 g/mol. The topological polar surface area (TPSA) is 38.7 Å². The Balaban J connectivity index is 1.43. The Morgan fingerprint density at radius 3 is 1.21 bits per heavy atom. The van der Waals surface area contributed by atoms with E-state index in [1.807, 2.05) is 60.7 Å². The molecule has 196 valence electrons. The summed E-state index contributed by atoms with van der Waals surface area (Å²) in [4.78, 5) is 15.0. The molecule has 0 aliphatic heterocycles. The van der Waals surface area contributed by atoms with Crippen LogP contribution in [0.2, 0.25) is 0 Å². The van der Waals surface area contributed by atoms with Gasteiger partial charge in [-0.05, 0) is 43.4 Å². The van der Waals surface area contributed by atoms with Gasteiger partial charge in [0, 0.05) is 16.7 Å². The summed E-state index contributed by atoms with van der Waals surface area (Å²) in [5.74, 6) is 1.97. The first-order valence-corrected chi connectivity index (χ1v) is 14.1. The molecule has 0 bridgehead atoms. The summed E-state index contributed by atoms with van der Waals surface area (Å²) in [5, 5.41) is 7.49. The molecule has 0 amide bonds. The summed E-state index contributed by atoms with van der Waals surface area (Å²) in [6, 6.07) is 52.7. The van der Waals surface area contributed by atoms with Crippen LogP contribution < -0.4 is 0 Å². The third-order valence-electron chi connectivity index (χ3n) is 7.93. The molecule has 0 atom stereocenters. The van der Waals surface area contributed by atoms with E-state index in [4.69, 9.17) is 15.0 Å². The van der Waals surface area contributed by atoms with Crippen LogP contribution in [0.15, 0.2) is 152 Å². The van der Waals surface area contributed by atoms with Crippen molar-refractivity contribution in [2.24, 2.45) is 0 Å². The van der Waals surface area contributed by atoms with E-state index in [9.17, 15) is 0 Å². The van der Waals surface area contributed by atoms with E-state index in [2.05, 4.69) is 91.0 Å². The molecule has 0 fully saturated rings. The number of rotatable bonds is 4. The summed E-state index contributed by atoms with van der Waals surface area (Å²) in [6.07, 6.45) is 0. The zero-order chi connectivity index (χ0) is 27.9. The van der Waals surface area contributed by atoms with Gasteiger partial charge in [0.15, 0.2) is 17.5 Å². The predicted octanol–water partition coefficient (Wildman–Crippen LogP) is 10.00. The van der Waals surface area contributed by atoms with Crippen molar-refractivity contribution in [1.29, 1.82) is 0 Å². The molecule has 3 nitrogen and oxygen atoms in total. The molecule has 0 saturated heterocycles. The molecule has 0 aliphatic carbocycles. The third kappa shape index (κ3) is 4.03. The second-order valence-electron chi connectivity index (χ2n) is 10.4. The maximum Gasteiger partial charge on any atom is 0.164 e. The van der Waals surface area contributed by atoms with Crippen molar-refractivity contribution < 1.29 is 0 Å². The van der Waals surface area contributed by atoms with Crippen LogP contribution in [0.5, 0.6) is 0 Å². The van der Waals surface area contributed by atoms with Crippen LogP contribution in [0, 0.1) is 0 Å². The smallest absolute Gasteiger partial charge is 0.164 e. The second-order valence-corrected chi connectivity index (χ2v) is 10.4. The molecule has 8 rings (SSSR count). The Labute approximate surface area is 243 Å². The molecule has 3 heteroatoms. The van der Waals surface area contributed by atoms with Crippen molar-refractivity contribution in [2.45, 2.75) is 0 Å². The molecule has 8 aromatic rings. The zero-order valence-electron chi connectivity index (χ0n) is 22.8. The van der Waals surface area contributed by atoms with Gasteiger partial charge in [-0.3, -0.25) is 0 Å². The van der Waals surface area contributed by atoms with Crippen molar-refractivity contribution in [3.8, 4) is 45.3 Å². The molecule has 0 aliphatic rings. The predicted molar refractivity (Wildman–Crippen MR) is 174 cm³/mol. The van der Waals surface area contributed by atoms with Crippen molar-refractivity contribution in [2.75, 3.05) is 0 Å². The number of aromatic nitrogens is 3. The molecule has 0 radical (unpaired) electrons. The van der Waals surface area contributed by atoms with Crippen molar-refractivity contribution in [1.82, 2.24) is 15.0 Å². The van der Waals surface area contributed by atoms with Gasteiger partial charge >= 0.3 is 0 Å². The van der Waals surface area contributed by atoms with Gasteiger partial charge in [0.25, 0.3) is 0 Å². The lowest BCUT2D eigenvalue weighted by atomic mass is 9.88. The van der Waals surface area contributed by atoms with E-state index in [1.165, 1.54) is 32.3 Å². The summed E-state index contributed by atoms with van der Waals surface area (Å²) >= 11 is 0. The lowest BCUT2D eigenvalue weighted by Crippen LogP contribution is -2.01. The lowest BCUT2D eigenvalue weighted by Gasteiger charge is -2.16. The van der Waals surface area contributed by atoms with Gasteiger partial charge in [0.1, 0.15) is 0 Å². The van der Waals surface area contributed by atoms with E-state index >= 15 is 0 Å². The van der Waals surface area contributed by atoms with Crippen LogP contribution in [0.25, 0.3) is 77.6 Å². The van der Waals surface area contributed by atoms with Crippen molar-refractivity contribution in [3.63, 3.8) is 0 Å². The third-order valence-corrected chi connectivity index (χ3v) is 7.93. The number of hydrogen-bond acceptors (Lipinski definition) is 3. The number of nitrogens with zero attached hydrogens (tertiary/aromatic N) is 3. The average molecular weight is 536 g/mol. The van der Waals surface area contributed by atoms with E-state index in [-0.39, 0.29) is 0 Å². The largest absolute Gasteiger partial charge is 0.208 e. The van der Waals surface area contributed by atoms with Gasteiger partial charge in [0.2, 0.25) is 0 Å². The summed E-state index contributed by atoms with van der Waals surface area (Å²) < 4.78 is 0. The first-order valence-electron chi connectivity index (χ1n) is 14.1. The summed E-state index contributed by atoms with van der Waals surface area (Å²) in [6.45, 7) is 0. The van der Waals surface area contributed by atoms with Crippen molar-refractivity contribution >= 4 is 32.3 Å². The Morgan fingerprint density at radius 2 is 0.643 bits per heavy atom. The summed E-state index contributed by atoms with van der Waals surface area (Å²) in [7, 11) is 0. The number of hydrogen-bond donors (Lipinski definition) is 0. The van der Waals surface area contributed by atoms with Crippen LogP contribution in [0.3, 0.4) is 0 Å². The van der Waals surface area contributed by atoms with Gasteiger partial charge in [-0.25, -0.2) is 15.0 Å². The van der Waals surface area contributed by atoms with Gasteiger partial charge in [-0.15, -0.1) is 0 Å². The highest BCUT2D eigenvalue weighted by Crippen LogP contribution is 2.42. The lowest BCUT2D eigenvalue weighted by molar-refractivity contribution is 1.07. The molecular weight excluding hydrogens is 510 g/mol. The van der Waals surface area contributed by atoms with Crippen molar-refractivity contribution in [3.05, 3.63) is 152 Å². The van der Waals surface area contributed by atoms with Crippen LogP contribution >= 0.6 is 0 Å². The van der Waals surface area contributed by atoms with Gasteiger partial charge in [-0.2, -0.15) is 0 Å². The highest BCUT2D eigenvalue weighted by molar-refractivity contribution is 6.28. The van der Waals surface area contributed by atoms with E-state index < -0.39 is 0 Å². The second kappa shape index (κ2) is 10.1. The molecule has 42 heavy (non-hydrogen) atoms. The minimum absolute atomic E-state index is 0.653. The molecule has 0 spiro atoms. The highest BCUT2D eigenvalue weighted by Gasteiger charge is 2.18. The van der Waals surface area contributed by atoms with Gasteiger partial charge in [-0.1, -0.05) is 152 Å². The minimum atomic E-state index is 0.653. The minimum Gasteiger partial charge on any atom is -0.208 e. The molecule has 0 saturated carbocycles. The number of benzene rings is 7. The van der Waals surface area contributed by atoms with E-state index in [0.717, 1.165) is 27.8 Å². The maximum atomic E-state index is 5.06. The average Bonchev–Trinajstić information content (AvgIpc) is 3.09. The Morgan fingerprint density at radius 1 is 0.262 bits per heavy atom. The fourth-order valence-electron chi connectivity index (χ4n) is 6.02. The molecule has 0 unspecified atom stereocenters. The first kappa shape index (κ1) is 24.2. The quantitative estimate of drug-likeness (QED) is 0.211. The molecule has 7 aromatic carbocycles. The molecular formula is C39H25N3. The van der Waals surface area contributed by atoms with E-state index in [1.54, 1.807) is 0 Å². The standard InChI is InChI=1S/C39H25N3/c1-3-14-26(15-4-1)37-40-38(27-16-5-2-6-17-27)42-39(41-37)35-23-12-10-21-31(35)34-25-13-24-33-30-19-8-7-18-28(30)29-20-9-11-22-32(29)36(33)34/h1-25H. The Bertz CT molecular complexity index is 2140. The highest BCUT2D eigenvalue weighted by atomic mass is 15.0.